The summed E-state index contributed by atoms with van der Waals surface area (Å²) in [5.41, 5.74) is 0.722. The molecule has 0 bridgehead atoms. The van der Waals surface area contributed by atoms with E-state index in [-0.39, 0.29) is 6.04 Å². The van der Waals surface area contributed by atoms with Gasteiger partial charge in [0.1, 0.15) is 11.8 Å². The minimum absolute atomic E-state index is 0.0454. The van der Waals surface area contributed by atoms with Gasteiger partial charge in [0, 0.05) is 10.3 Å². The number of hydrogen-bond acceptors (Lipinski definition) is 3. The Kier molecular flexibility index (Phi) is 4.03. The molecule has 3 aromatic rings. The zero-order valence-corrected chi connectivity index (χ0v) is 13.1. The number of fused-ring (bicyclic) bond motifs is 1. The Balaban J connectivity index is 2.10. The van der Waals surface area contributed by atoms with Gasteiger partial charge in [0.25, 0.3) is 0 Å². The van der Waals surface area contributed by atoms with Gasteiger partial charge in [-0.05, 0) is 30.1 Å². The summed E-state index contributed by atoms with van der Waals surface area (Å²) in [6, 6.07) is 9.62. The van der Waals surface area contributed by atoms with Gasteiger partial charge in [-0.1, -0.05) is 42.3 Å². The Morgan fingerprint density at radius 2 is 2.10 bits per heavy atom. The van der Waals surface area contributed by atoms with Crippen molar-refractivity contribution in [2.75, 3.05) is 6.54 Å². The van der Waals surface area contributed by atoms with Gasteiger partial charge in [0.15, 0.2) is 5.58 Å². The number of para-hydroxylation sites is 1. The summed E-state index contributed by atoms with van der Waals surface area (Å²) in [7, 11) is 0. The third-order valence-electron chi connectivity index (χ3n) is 3.11. The molecule has 1 atom stereocenters. The molecule has 0 saturated carbocycles. The summed E-state index contributed by atoms with van der Waals surface area (Å²) in [6.45, 7) is 2.88. The molecule has 1 aromatic carbocycles. The maximum atomic E-state index is 6.25. The summed E-state index contributed by atoms with van der Waals surface area (Å²) < 4.78 is 5.95. The van der Waals surface area contributed by atoms with E-state index < -0.39 is 0 Å². The summed E-state index contributed by atoms with van der Waals surface area (Å²) >= 11 is 14.0. The molecule has 1 N–H and O–H groups in total. The molecule has 20 heavy (non-hydrogen) atoms. The SMILES string of the molecule is CCNC(c1cc2cccc(Cl)c2o1)c1sccc1Cl. The summed E-state index contributed by atoms with van der Waals surface area (Å²) in [5.74, 6) is 0.833. The van der Waals surface area contributed by atoms with Crippen molar-refractivity contribution in [2.45, 2.75) is 13.0 Å². The van der Waals surface area contributed by atoms with E-state index in [0.29, 0.717) is 5.02 Å². The maximum absolute atomic E-state index is 6.25. The third kappa shape index (κ3) is 2.47. The van der Waals surface area contributed by atoms with Gasteiger partial charge in [0.05, 0.1) is 10.0 Å². The first-order valence-electron chi connectivity index (χ1n) is 6.35. The number of rotatable bonds is 4. The summed E-state index contributed by atoms with van der Waals surface area (Å²) in [6.07, 6.45) is 0. The quantitative estimate of drug-likeness (QED) is 0.685. The monoisotopic (exact) mass is 325 g/mol. The van der Waals surface area contributed by atoms with Crippen LogP contribution in [0.4, 0.5) is 0 Å². The molecule has 104 valence electrons. The Morgan fingerprint density at radius 3 is 2.75 bits per heavy atom. The van der Waals surface area contributed by atoms with Crippen LogP contribution in [-0.4, -0.2) is 6.54 Å². The van der Waals surface area contributed by atoms with E-state index in [4.69, 9.17) is 27.6 Å². The van der Waals surface area contributed by atoms with Crippen LogP contribution < -0.4 is 5.32 Å². The largest absolute Gasteiger partial charge is 0.457 e. The zero-order chi connectivity index (χ0) is 14.1. The van der Waals surface area contributed by atoms with E-state index in [9.17, 15) is 0 Å². The van der Waals surface area contributed by atoms with Crippen molar-refractivity contribution in [3.63, 3.8) is 0 Å². The Bertz CT molecular complexity index is 734. The maximum Gasteiger partial charge on any atom is 0.152 e. The number of halogens is 2. The molecule has 3 rings (SSSR count). The van der Waals surface area contributed by atoms with Crippen LogP contribution in [0.5, 0.6) is 0 Å². The summed E-state index contributed by atoms with van der Waals surface area (Å²) in [4.78, 5) is 1.06. The molecule has 0 aliphatic carbocycles. The van der Waals surface area contributed by atoms with Crippen LogP contribution >= 0.6 is 34.5 Å². The average Bonchev–Trinajstić information content (AvgIpc) is 3.03. The van der Waals surface area contributed by atoms with Crippen LogP contribution in [0.3, 0.4) is 0 Å². The van der Waals surface area contributed by atoms with Gasteiger partial charge in [-0.3, -0.25) is 0 Å². The van der Waals surface area contributed by atoms with Gasteiger partial charge < -0.3 is 9.73 Å². The molecule has 0 aliphatic rings. The van der Waals surface area contributed by atoms with E-state index in [1.54, 1.807) is 11.3 Å². The topological polar surface area (TPSA) is 25.2 Å². The second-order valence-corrected chi connectivity index (χ2v) is 6.19. The smallest absolute Gasteiger partial charge is 0.152 e. The number of thiophene rings is 1. The number of furan rings is 1. The van der Waals surface area contributed by atoms with Crippen LogP contribution in [0.25, 0.3) is 11.0 Å². The Hall–Kier alpha value is -1.00. The molecular formula is C15H13Cl2NOS. The molecule has 0 saturated heterocycles. The van der Waals surface area contributed by atoms with Gasteiger partial charge in [-0.2, -0.15) is 0 Å². The second-order valence-electron chi connectivity index (χ2n) is 4.43. The molecule has 1 unspecified atom stereocenters. The first-order chi connectivity index (χ1) is 9.70. The third-order valence-corrected chi connectivity index (χ3v) is 4.84. The molecule has 2 nitrogen and oxygen atoms in total. The number of hydrogen-bond donors (Lipinski definition) is 1. The lowest BCUT2D eigenvalue weighted by Crippen LogP contribution is -2.20. The van der Waals surface area contributed by atoms with E-state index in [2.05, 4.69) is 12.2 Å². The second kappa shape index (κ2) is 5.78. The standard InChI is InChI=1S/C15H13Cl2NOS/c1-2-18-13(15-11(17)6-7-20-15)12-8-9-4-3-5-10(16)14(9)19-12/h3-8,13,18H,2H2,1H3. The highest BCUT2D eigenvalue weighted by Gasteiger charge is 2.21. The van der Waals surface area contributed by atoms with Crippen molar-refractivity contribution < 1.29 is 4.42 Å². The van der Waals surface area contributed by atoms with E-state index in [0.717, 1.165) is 33.2 Å². The van der Waals surface area contributed by atoms with Crippen molar-refractivity contribution in [1.29, 1.82) is 0 Å². The normalized spacial score (nSPS) is 12.9. The molecule has 0 fully saturated rings. The highest BCUT2D eigenvalue weighted by Crippen LogP contribution is 2.36. The number of benzene rings is 1. The predicted octanol–water partition coefficient (Wildman–Crippen LogP) is 5.50. The fourth-order valence-electron chi connectivity index (χ4n) is 2.23. The fourth-order valence-corrected chi connectivity index (χ4v) is 3.70. The molecule has 2 aromatic heterocycles. The van der Waals surface area contributed by atoms with Gasteiger partial charge in [-0.15, -0.1) is 11.3 Å². The van der Waals surface area contributed by atoms with Crippen LogP contribution in [0.15, 0.2) is 40.1 Å². The fraction of sp³-hybridized carbons (Fsp3) is 0.200. The first-order valence-corrected chi connectivity index (χ1v) is 7.98. The van der Waals surface area contributed by atoms with Crippen molar-refractivity contribution in [3.8, 4) is 0 Å². The van der Waals surface area contributed by atoms with Crippen molar-refractivity contribution in [2.24, 2.45) is 0 Å². The summed E-state index contributed by atoms with van der Waals surface area (Å²) in [5, 5.41) is 7.78. The average molecular weight is 326 g/mol. The minimum Gasteiger partial charge on any atom is -0.457 e. The van der Waals surface area contributed by atoms with Crippen LogP contribution in [0.1, 0.15) is 23.6 Å². The lowest BCUT2D eigenvalue weighted by molar-refractivity contribution is 0.481. The lowest BCUT2D eigenvalue weighted by Gasteiger charge is -2.14. The Labute approximate surface area is 131 Å². The van der Waals surface area contributed by atoms with E-state index in [1.807, 2.05) is 35.7 Å². The van der Waals surface area contributed by atoms with Gasteiger partial charge >= 0.3 is 0 Å². The lowest BCUT2D eigenvalue weighted by atomic mass is 10.1. The van der Waals surface area contributed by atoms with Crippen molar-refractivity contribution in [1.82, 2.24) is 5.32 Å². The van der Waals surface area contributed by atoms with Gasteiger partial charge in [0.2, 0.25) is 0 Å². The zero-order valence-electron chi connectivity index (χ0n) is 10.8. The van der Waals surface area contributed by atoms with E-state index in [1.165, 1.54) is 0 Å². The highest BCUT2D eigenvalue weighted by molar-refractivity contribution is 7.10. The molecule has 0 amide bonds. The van der Waals surface area contributed by atoms with Gasteiger partial charge in [-0.25, -0.2) is 0 Å². The van der Waals surface area contributed by atoms with Crippen LogP contribution in [0.2, 0.25) is 10.0 Å². The van der Waals surface area contributed by atoms with E-state index >= 15 is 0 Å². The molecule has 0 radical (unpaired) electrons. The Morgan fingerprint density at radius 1 is 1.25 bits per heavy atom. The van der Waals surface area contributed by atoms with Crippen LogP contribution in [0, 0.1) is 0 Å². The minimum atomic E-state index is -0.0454. The molecular weight excluding hydrogens is 313 g/mol. The molecule has 2 heterocycles. The van der Waals surface area contributed by atoms with Crippen molar-refractivity contribution >= 4 is 45.5 Å². The molecule has 5 heteroatoms. The first kappa shape index (κ1) is 14.0. The number of nitrogens with one attached hydrogen (secondary N) is 1. The van der Waals surface area contributed by atoms with Crippen LogP contribution in [-0.2, 0) is 0 Å². The molecule has 0 spiro atoms. The highest BCUT2D eigenvalue weighted by atomic mass is 35.5. The molecule has 0 aliphatic heterocycles. The predicted molar refractivity (Wildman–Crippen MR) is 86.1 cm³/mol. The van der Waals surface area contributed by atoms with Crippen molar-refractivity contribution in [3.05, 3.63) is 56.4 Å².